The lowest BCUT2D eigenvalue weighted by Crippen LogP contribution is -2.30. The van der Waals surface area contributed by atoms with E-state index in [2.05, 4.69) is 55.4 Å². The second kappa shape index (κ2) is 64.4. The predicted molar refractivity (Wildman–Crippen MR) is 381 cm³/mol. The molecule has 6 atom stereocenters. The smallest absolute Gasteiger partial charge is 0.462 e. The van der Waals surface area contributed by atoms with E-state index < -0.39 is 97.5 Å². The summed E-state index contributed by atoms with van der Waals surface area (Å²) in [4.78, 5) is 72.8. The van der Waals surface area contributed by atoms with Crippen LogP contribution in [0.1, 0.15) is 376 Å². The number of aliphatic hydroxyl groups is 1. The molecular formula is C75H146O17P2. The number of phosphoric ester groups is 2. The quantitative estimate of drug-likeness (QED) is 0.0222. The molecule has 0 aromatic rings. The minimum absolute atomic E-state index is 0.106. The van der Waals surface area contributed by atoms with E-state index in [9.17, 15) is 43.2 Å². The van der Waals surface area contributed by atoms with Crippen molar-refractivity contribution < 1.29 is 80.2 Å². The molecule has 0 aliphatic carbocycles. The Kier molecular flexibility index (Phi) is 63.1. The van der Waals surface area contributed by atoms with Crippen LogP contribution in [0, 0.1) is 23.7 Å². The molecule has 0 heterocycles. The summed E-state index contributed by atoms with van der Waals surface area (Å²) in [5.41, 5.74) is 0. The van der Waals surface area contributed by atoms with Gasteiger partial charge in [0.25, 0.3) is 0 Å². The Balaban J connectivity index is 5.26. The standard InChI is InChI=1S/C75H146O17P2/c1-9-68(8)54-46-38-30-22-18-19-25-33-42-50-58-75(80)91-70(61-85-72(77)55-47-39-31-23-17-13-15-21-28-36-44-52-66(4)5)63-89-93(81,82)87-59-69(76)60-88-94(83,84)90-64-71(62-86-73(78)56-48-40-34-26-29-37-45-53-67(6)7)92-74(79)57-49-41-32-24-16-12-10-11-14-20-27-35-43-51-65(2)3/h65-71,76H,9-64H2,1-8H3,(H,81,82)(H,83,84)/t68?,69?,70-,71-/m1/s1. The first kappa shape index (κ1) is 92.1. The molecule has 3 N–H and O–H groups in total. The van der Waals surface area contributed by atoms with Gasteiger partial charge in [-0.3, -0.25) is 37.3 Å². The molecule has 0 amide bonds. The Bertz CT molecular complexity index is 1850. The highest BCUT2D eigenvalue weighted by Crippen LogP contribution is 2.45. The number of phosphoric acid groups is 2. The number of unbranched alkanes of at least 4 members (excludes halogenated alkanes) is 37. The highest BCUT2D eigenvalue weighted by atomic mass is 31.2. The van der Waals surface area contributed by atoms with Gasteiger partial charge in [0.05, 0.1) is 26.4 Å². The molecule has 0 bridgehead atoms. The average Bonchev–Trinajstić information content (AvgIpc) is 1.52. The molecule has 558 valence electrons. The molecule has 4 unspecified atom stereocenters. The van der Waals surface area contributed by atoms with E-state index >= 15 is 0 Å². The van der Waals surface area contributed by atoms with Crippen LogP contribution in [0.15, 0.2) is 0 Å². The van der Waals surface area contributed by atoms with Crippen LogP contribution in [-0.2, 0) is 65.4 Å². The van der Waals surface area contributed by atoms with Crippen molar-refractivity contribution in [3.05, 3.63) is 0 Å². The summed E-state index contributed by atoms with van der Waals surface area (Å²) in [7, 11) is -9.91. The van der Waals surface area contributed by atoms with E-state index in [1.54, 1.807) is 0 Å². The molecular weight excluding hydrogens is 1230 g/mol. The lowest BCUT2D eigenvalue weighted by molar-refractivity contribution is -0.161. The third-order valence-corrected chi connectivity index (χ3v) is 19.6. The van der Waals surface area contributed by atoms with E-state index in [1.165, 1.54) is 173 Å². The SMILES string of the molecule is CCC(C)CCCCCCCCCCCCC(=O)O[C@H](COC(=O)CCCCCCCCCCCCCC(C)C)COP(=O)(O)OCC(O)COP(=O)(O)OC[C@@H](COC(=O)CCCCCCCCCC(C)C)OC(=O)CCCCCCCCCCCCCCCC(C)C. The first-order valence-corrected chi connectivity index (χ1v) is 41.7. The van der Waals surface area contributed by atoms with Crippen molar-refractivity contribution in [1.29, 1.82) is 0 Å². The van der Waals surface area contributed by atoms with Gasteiger partial charge in [-0.05, 0) is 49.4 Å². The summed E-state index contributed by atoms with van der Waals surface area (Å²) in [6.45, 7) is 14.2. The van der Waals surface area contributed by atoms with Gasteiger partial charge in [0.1, 0.15) is 19.3 Å². The number of hydrogen-bond acceptors (Lipinski definition) is 15. The first-order valence-electron chi connectivity index (χ1n) is 38.7. The van der Waals surface area contributed by atoms with Gasteiger partial charge in [0, 0.05) is 25.7 Å². The van der Waals surface area contributed by atoms with E-state index in [-0.39, 0.29) is 25.7 Å². The molecule has 0 aromatic heterocycles. The van der Waals surface area contributed by atoms with Crippen molar-refractivity contribution in [3.8, 4) is 0 Å². The predicted octanol–water partition coefficient (Wildman–Crippen LogP) is 21.7. The second-order valence-corrected chi connectivity index (χ2v) is 31.6. The number of carbonyl (C=O) groups excluding carboxylic acids is 4. The summed E-state index contributed by atoms with van der Waals surface area (Å²) < 4.78 is 68.5. The number of aliphatic hydroxyl groups excluding tert-OH is 1. The fourth-order valence-electron chi connectivity index (χ4n) is 11.3. The molecule has 0 aliphatic heterocycles. The van der Waals surface area contributed by atoms with Gasteiger partial charge in [-0.2, -0.15) is 0 Å². The fraction of sp³-hybridized carbons (Fsp3) is 0.947. The third kappa shape index (κ3) is 67.3. The maximum absolute atomic E-state index is 13.1. The summed E-state index contributed by atoms with van der Waals surface area (Å²) in [6.07, 6.45) is 48.5. The number of hydrogen-bond donors (Lipinski definition) is 3. The summed E-state index contributed by atoms with van der Waals surface area (Å²) in [5, 5.41) is 10.6. The Morgan fingerprint density at radius 3 is 0.755 bits per heavy atom. The molecule has 0 radical (unpaired) electrons. The average molecular weight is 1380 g/mol. The van der Waals surface area contributed by atoms with E-state index in [4.69, 9.17) is 37.0 Å². The zero-order chi connectivity index (χ0) is 69.6. The molecule has 17 nitrogen and oxygen atoms in total. The van der Waals surface area contributed by atoms with E-state index in [1.807, 2.05) is 0 Å². The maximum atomic E-state index is 13.1. The van der Waals surface area contributed by atoms with Crippen LogP contribution in [-0.4, -0.2) is 96.7 Å². The van der Waals surface area contributed by atoms with Crippen molar-refractivity contribution in [2.75, 3.05) is 39.6 Å². The Morgan fingerprint density at radius 1 is 0.298 bits per heavy atom. The Morgan fingerprint density at radius 2 is 0.511 bits per heavy atom. The zero-order valence-corrected chi connectivity index (χ0v) is 63.4. The number of esters is 4. The monoisotopic (exact) mass is 1380 g/mol. The number of rotatable bonds is 72. The third-order valence-electron chi connectivity index (χ3n) is 17.7. The molecule has 0 saturated heterocycles. The van der Waals surface area contributed by atoms with Crippen molar-refractivity contribution in [2.45, 2.75) is 395 Å². The van der Waals surface area contributed by atoms with Crippen LogP contribution in [0.2, 0.25) is 0 Å². The lowest BCUT2D eigenvalue weighted by Gasteiger charge is -2.21. The van der Waals surface area contributed by atoms with Gasteiger partial charge in [-0.25, -0.2) is 9.13 Å². The first-order chi connectivity index (χ1) is 45.1. The molecule has 0 aromatic carbocycles. The van der Waals surface area contributed by atoms with Gasteiger partial charge in [-0.15, -0.1) is 0 Å². The van der Waals surface area contributed by atoms with Crippen molar-refractivity contribution in [3.63, 3.8) is 0 Å². The van der Waals surface area contributed by atoms with Crippen molar-refractivity contribution in [1.82, 2.24) is 0 Å². The highest BCUT2D eigenvalue weighted by Gasteiger charge is 2.30. The maximum Gasteiger partial charge on any atom is 0.472 e. The summed E-state index contributed by atoms with van der Waals surface area (Å²) >= 11 is 0. The molecule has 0 rings (SSSR count). The highest BCUT2D eigenvalue weighted by molar-refractivity contribution is 7.47. The van der Waals surface area contributed by atoms with Gasteiger partial charge >= 0.3 is 39.5 Å². The lowest BCUT2D eigenvalue weighted by atomic mass is 9.99. The topological polar surface area (TPSA) is 237 Å². The normalized spacial score (nSPS) is 14.4. The molecule has 94 heavy (non-hydrogen) atoms. The molecule has 19 heteroatoms. The van der Waals surface area contributed by atoms with Gasteiger partial charge in [-0.1, -0.05) is 325 Å². The Labute approximate surface area is 575 Å². The van der Waals surface area contributed by atoms with Crippen LogP contribution in [0.3, 0.4) is 0 Å². The van der Waals surface area contributed by atoms with Crippen LogP contribution in [0.4, 0.5) is 0 Å². The molecule has 0 aliphatic rings. The van der Waals surface area contributed by atoms with Gasteiger partial charge in [0.2, 0.25) is 0 Å². The number of carbonyl (C=O) groups is 4. The Hall–Kier alpha value is -1.94. The van der Waals surface area contributed by atoms with Crippen molar-refractivity contribution in [2.24, 2.45) is 23.7 Å². The van der Waals surface area contributed by atoms with E-state index in [0.717, 1.165) is 114 Å². The van der Waals surface area contributed by atoms with Gasteiger partial charge < -0.3 is 33.8 Å². The van der Waals surface area contributed by atoms with Crippen LogP contribution in [0.25, 0.3) is 0 Å². The summed E-state index contributed by atoms with van der Waals surface area (Å²) in [5.74, 6) is 0.943. The van der Waals surface area contributed by atoms with Crippen LogP contribution >= 0.6 is 15.6 Å². The fourth-order valence-corrected chi connectivity index (χ4v) is 12.9. The minimum Gasteiger partial charge on any atom is -0.462 e. The molecule has 0 fully saturated rings. The molecule has 0 saturated carbocycles. The number of ether oxygens (including phenoxy) is 4. The minimum atomic E-state index is -4.96. The largest absolute Gasteiger partial charge is 0.472 e. The van der Waals surface area contributed by atoms with Gasteiger partial charge in [0.15, 0.2) is 12.2 Å². The second-order valence-electron chi connectivity index (χ2n) is 28.7. The molecule has 0 spiro atoms. The summed E-state index contributed by atoms with van der Waals surface area (Å²) in [6, 6.07) is 0. The zero-order valence-electron chi connectivity index (χ0n) is 61.6. The van der Waals surface area contributed by atoms with Crippen LogP contribution in [0.5, 0.6) is 0 Å². The van der Waals surface area contributed by atoms with Crippen molar-refractivity contribution >= 4 is 39.5 Å². The van der Waals surface area contributed by atoms with Crippen LogP contribution < -0.4 is 0 Å². The van der Waals surface area contributed by atoms with E-state index in [0.29, 0.717) is 31.6 Å².